The van der Waals surface area contributed by atoms with Crippen molar-refractivity contribution in [3.63, 3.8) is 0 Å². The molecule has 116 valence electrons. The summed E-state index contributed by atoms with van der Waals surface area (Å²) in [6.45, 7) is 1.61. The third-order valence-corrected chi connectivity index (χ3v) is 4.57. The van der Waals surface area contributed by atoms with Crippen LogP contribution in [0.3, 0.4) is 0 Å². The molecule has 1 aromatic rings. The van der Waals surface area contributed by atoms with Gasteiger partial charge >= 0.3 is 6.18 Å². The molecular weight excluding hydrogens is 297 g/mol. The van der Waals surface area contributed by atoms with Crippen LogP contribution in [0.5, 0.6) is 0 Å². The Labute approximate surface area is 124 Å². The van der Waals surface area contributed by atoms with Crippen LogP contribution in [0.4, 0.5) is 18.9 Å². The number of amides is 1. The van der Waals surface area contributed by atoms with Gasteiger partial charge in [0.1, 0.15) is 0 Å². The Balaban J connectivity index is 2.07. The van der Waals surface area contributed by atoms with Crippen LogP contribution in [-0.2, 0) is 11.0 Å². The molecule has 0 aromatic heterocycles. The fraction of sp³-hybridized carbons (Fsp3) is 0.467. The van der Waals surface area contributed by atoms with Crippen molar-refractivity contribution >= 4 is 11.6 Å². The lowest BCUT2D eigenvalue weighted by Crippen LogP contribution is -2.34. The molecule has 1 saturated carbocycles. The molecule has 22 heavy (non-hydrogen) atoms. The van der Waals surface area contributed by atoms with Gasteiger partial charge < -0.3 is 10.0 Å². The number of halogens is 3. The Kier molecular flexibility index (Phi) is 3.01. The van der Waals surface area contributed by atoms with Crippen molar-refractivity contribution in [1.29, 1.82) is 5.26 Å². The van der Waals surface area contributed by atoms with Crippen molar-refractivity contribution in [3.8, 4) is 6.07 Å². The van der Waals surface area contributed by atoms with E-state index < -0.39 is 34.9 Å². The third kappa shape index (κ3) is 1.91. The monoisotopic (exact) mass is 310 g/mol. The topological polar surface area (TPSA) is 64.3 Å². The Bertz CT molecular complexity index is 689. The molecule has 1 aromatic carbocycles. The number of carbonyl (C=O) groups is 1. The third-order valence-electron chi connectivity index (χ3n) is 4.57. The van der Waals surface area contributed by atoms with Gasteiger partial charge in [0.25, 0.3) is 0 Å². The SMILES string of the molecule is CC1C(O)C2(CC2)C(=O)N1c1ccc(C#N)c(C(F)(F)F)c1. The molecule has 2 atom stereocenters. The molecule has 1 saturated heterocycles. The lowest BCUT2D eigenvalue weighted by atomic mass is 9.99. The first-order chi connectivity index (χ1) is 10.2. The zero-order valence-electron chi connectivity index (χ0n) is 11.7. The number of hydrogen-bond donors (Lipinski definition) is 1. The number of benzene rings is 1. The van der Waals surface area contributed by atoms with Gasteiger partial charge in [-0.2, -0.15) is 18.4 Å². The van der Waals surface area contributed by atoms with E-state index in [4.69, 9.17) is 5.26 Å². The number of hydrogen-bond acceptors (Lipinski definition) is 3. The van der Waals surface area contributed by atoms with Gasteiger partial charge in [0.15, 0.2) is 0 Å². The number of aliphatic hydroxyl groups excluding tert-OH is 1. The van der Waals surface area contributed by atoms with E-state index in [1.165, 1.54) is 17.0 Å². The van der Waals surface area contributed by atoms with E-state index in [0.29, 0.717) is 12.8 Å². The first kappa shape index (κ1) is 14.9. The number of rotatable bonds is 1. The fourth-order valence-electron chi connectivity index (χ4n) is 3.17. The normalized spacial score (nSPS) is 26.4. The van der Waals surface area contributed by atoms with E-state index >= 15 is 0 Å². The maximum absolute atomic E-state index is 13.0. The van der Waals surface area contributed by atoms with Gasteiger partial charge in [-0.1, -0.05) is 0 Å². The van der Waals surface area contributed by atoms with E-state index in [1.54, 1.807) is 6.92 Å². The highest BCUT2D eigenvalue weighted by Crippen LogP contribution is 2.56. The van der Waals surface area contributed by atoms with Crippen LogP contribution in [0.15, 0.2) is 18.2 Å². The summed E-state index contributed by atoms with van der Waals surface area (Å²) in [4.78, 5) is 13.7. The molecule has 2 aliphatic rings. The van der Waals surface area contributed by atoms with Crippen molar-refractivity contribution in [3.05, 3.63) is 29.3 Å². The Morgan fingerprint density at radius 2 is 2.05 bits per heavy atom. The van der Waals surface area contributed by atoms with Crippen LogP contribution in [0, 0.1) is 16.7 Å². The minimum Gasteiger partial charge on any atom is -0.390 e. The molecule has 1 N–H and O–H groups in total. The molecule has 1 heterocycles. The predicted octanol–water partition coefficient (Wildman–Crippen LogP) is 2.45. The highest BCUT2D eigenvalue weighted by molar-refractivity contribution is 6.03. The lowest BCUT2D eigenvalue weighted by molar-refractivity contribution is -0.137. The van der Waals surface area contributed by atoms with Gasteiger partial charge in [0.05, 0.1) is 34.8 Å². The van der Waals surface area contributed by atoms with Gasteiger partial charge in [0, 0.05) is 5.69 Å². The first-order valence-corrected chi connectivity index (χ1v) is 6.85. The number of carbonyl (C=O) groups excluding carboxylic acids is 1. The largest absolute Gasteiger partial charge is 0.417 e. The summed E-state index contributed by atoms with van der Waals surface area (Å²) in [7, 11) is 0. The molecule has 0 bridgehead atoms. The van der Waals surface area contributed by atoms with Gasteiger partial charge in [-0.25, -0.2) is 0 Å². The van der Waals surface area contributed by atoms with Crippen molar-refractivity contribution in [1.82, 2.24) is 0 Å². The number of aliphatic hydroxyl groups is 1. The van der Waals surface area contributed by atoms with Gasteiger partial charge in [-0.05, 0) is 38.0 Å². The van der Waals surface area contributed by atoms with E-state index in [2.05, 4.69) is 0 Å². The molecule has 2 unspecified atom stereocenters. The molecule has 7 heteroatoms. The molecule has 1 aliphatic carbocycles. The highest BCUT2D eigenvalue weighted by atomic mass is 19.4. The summed E-state index contributed by atoms with van der Waals surface area (Å²) in [5, 5.41) is 19.0. The summed E-state index contributed by atoms with van der Waals surface area (Å²) < 4.78 is 39.1. The highest BCUT2D eigenvalue weighted by Gasteiger charge is 2.64. The van der Waals surface area contributed by atoms with Gasteiger partial charge in [-0.3, -0.25) is 4.79 Å². The minimum atomic E-state index is -4.68. The average molecular weight is 310 g/mol. The number of nitrogens with zero attached hydrogens (tertiary/aromatic N) is 2. The number of nitriles is 1. The Morgan fingerprint density at radius 1 is 1.41 bits per heavy atom. The predicted molar refractivity (Wildman–Crippen MR) is 70.8 cm³/mol. The molecule has 1 spiro atoms. The summed E-state index contributed by atoms with van der Waals surface area (Å²) in [6.07, 6.45) is -4.46. The lowest BCUT2D eigenvalue weighted by Gasteiger charge is -2.24. The maximum atomic E-state index is 13.0. The van der Waals surface area contributed by atoms with Crippen molar-refractivity contribution in [2.45, 2.75) is 38.1 Å². The second-order valence-corrected chi connectivity index (χ2v) is 5.86. The molecule has 4 nitrogen and oxygen atoms in total. The van der Waals surface area contributed by atoms with Crippen LogP contribution in [0.2, 0.25) is 0 Å². The van der Waals surface area contributed by atoms with Crippen LogP contribution in [0.1, 0.15) is 30.9 Å². The van der Waals surface area contributed by atoms with Crippen LogP contribution in [-0.4, -0.2) is 23.2 Å². The molecular formula is C15H13F3N2O2. The van der Waals surface area contributed by atoms with Crippen molar-refractivity contribution in [2.75, 3.05) is 4.90 Å². The van der Waals surface area contributed by atoms with Crippen molar-refractivity contribution in [2.24, 2.45) is 5.41 Å². The van der Waals surface area contributed by atoms with Gasteiger partial charge in [-0.15, -0.1) is 0 Å². The zero-order chi connectivity index (χ0) is 16.3. The van der Waals surface area contributed by atoms with Crippen LogP contribution >= 0.6 is 0 Å². The molecule has 0 radical (unpaired) electrons. The van der Waals surface area contributed by atoms with Crippen LogP contribution < -0.4 is 4.90 Å². The Hall–Kier alpha value is -2.07. The summed E-state index contributed by atoms with van der Waals surface area (Å²) in [5.41, 5.74) is -2.33. The molecule has 2 fully saturated rings. The number of alkyl halides is 3. The standard InChI is InChI=1S/C15H13F3N2O2/c1-8-12(21)14(4-5-14)13(22)20(8)10-3-2-9(7-19)11(6-10)15(16,17)18/h2-3,6,8,12,21H,4-5H2,1H3. The van der Waals surface area contributed by atoms with Crippen LogP contribution in [0.25, 0.3) is 0 Å². The summed E-state index contributed by atoms with van der Waals surface area (Å²) in [5.74, 6) is -0.342. The molecule has 1 amide bonds. The maximum Gasteiger partial charge on any atom is 0.417 e. The second-order valence-electron chi connectivity index (χ2n) is 5.86. The van der Waals surface area contributed by atoms with Gasteiger partial charge in [0.2, 0.25) is 5.91 Å². The molecule has 3 rings (SSSR count). The second kappa shape index (κ2) is 4.46. The smallest absolute Gasteiger partial charge is 0.390 e. The van der Waals surface area contributed by atoms with E-state index in [-0.39, 0.29) is 11.6 Å². The van der Waals surface area contributed by atoms with E-state index in [9.17, 15) is 23.1 Å². The van der Waals surface area contributed by atoms with Crippen molar-refractivity contribution < 1.29 is 23.1 Å². The van der Waals surface area contributed by atoms with E-state index in [1.807, 2.05) is 0 Å². The Morgan fingerprint density at radius 3 is 2.50 bits per heavy atom. The average Bonchev–Trinajstić information content (AvgIpc) is 3.24. The minimum absolute atomic E-state index is 0.0617. The summed E-state index contributed by atoms with van der Waals surface area (Å²) in [6, 6.07) is 4.09. The zero-order valence-corrected chi connectivity index (χ0v) is 11.7. The first-order valence-electron chi connectivity index (χ1n) is 6.85. The number of anilines is 1. The summed E-state index contributed by atoms with van der Waals surface area (Å²) >= 11 is 0. The van der Waals surface area contributed by atoms with E-state index in [0.717, 1.165) is 12.1 Å². The fourth-order valence-corrected chi connectivity index (χ4v) is 3.17. The molecule has 1 aliphatic heterocycles. The quantitative estimate of drug-likeness (QED) is 0.866.